The van der Waals surface area contributed by atoms with E-state index in [4.69, 9.17) is 0 Å². The molecular weight excluding hydrogens is 1030 g/mol. The molecule has 12 rings (SSSR count). The van der Waals surface area contributed by atoms with E-state index < -0.39 is 10.9 Å². The second kappa shape index (κ2) is 28.9. The molecule has 0 unspecified atom stereocenters. The number of fused-ring (bicyclic) bond motifs is 4. The Kier molecular flexibility index (Phi) is 22.7. The van der Waals surface area contributed by atoms with Gasteiger partial charge in [-0.15, -0.1) is 119 Å². The zero-order chi connectivity index (χ0) is 44.0. The van der Waals surface area contributed by atoms with Gasteiger partial charge in [0.05, 0.1) is 0 Å². The fourth-order valence-electron chi connectivity index (χ4n) is 7.03. The molecule has 320 valence electrons. The van der Waals surface area contributed by atoms with Crippen LogP contribution in [0.2, 0.25) is 0 Å². The molecule has 66 heavy (non-hydrogen) atoms. The first kappa shape index (κ1) is 52.0. The van der Waals surface area contributed by atoms with E-state index >= 15 is 0 Å². The van der Waals surface area contributed by atoms with Crippen molar-refractivity contribution in [3.63, 3.8) is 0 Å². The van der Waals surface area contributed by atoms with Crippen LogP contribution < -0.4 is 45.6 Å². The maximum absolute atomic E-state index is 2.25. The molecule has 0 amide bonds. The smallest absolute Gasteiger partial charge is 0.0809 e. The van der Waals surface area contributed by atoms with Gasteiger partial charge in [-0.25, -0.2) is 0 Å². The summed E-state index contributed by atoms with van der Waals surface area (Å²) in [4.78, 5) is 0. The predicted molar refractivity (Wildman–Crippen MR) is 274 cm³/mol. The summed E-state index contributed by atoms with van der Waals surface area (Å²) in [5.74, 6) is 0. The Morgan fingerprint density at radius 1 is 0.227 bits per heavy atom. The van der Waals surface area contributed by atoms with Crippen molar-refractivity contribution in [2.45, 2.75) is 0 Å². The molecule has 0 atom stereocenters. The van der Waals surface area contributed by atoms with Crippen molar-refractivity contribution < 1.29 is 71.5 Å². The molecule has 0 saturated heterocycles. The van der Waals surface area contributed by atoms with Crippen LogP contribution in [-0.2, 0) is 46.7 Å². The summed E-state index contributed by atoms with van der Waals surface area (Å²) >= 11 is 3.29. The van der Waals surface area contributed by atoms with Crippen LogP contribution in [0.4, 0.5) is 0 Å². The molecule has 0 aliphatic heterocycles. The largest absolute Gasteiger partial charge is 0.168 e. The zero-order valence-electron chi connectivity index (χ0n) is 36.5. The Labute approximate surface area is 433 Å². The standard InChI is InChI=1S/2C12H10Si.4C9H7.2ClH.2Zr/c2*1-3-7-11(8-4-1)13-12-9-5-2-6-10-12;4*1-2-5-9-7-3-6-8(9)4-1;;;;/h2*1-10H;4*1-7H;2*1H;;/q;;4*-1;;;2*+2/p-2. The maximum atomic E-state index is 2.25. The van der Waals surface area contributed by atoms with Crippen LogP contribution in [0.1, 0.15) is 0 Å². The second-order valence-corrected chi connectivity index (χ2v) is 26.0. The molecule has 0 heterocycles. The Morgan fingerprint density at radius 2 is 0.409 bits per heavy atom. The van der Waals surface area contributed by atoms with E-state index in [1.807, 2.05) is 0 Å². The van der Waals surface area contributed by atoms with Gasteiger partial charge in [0, 0.05) is 0 Å². The van der Waals surface area contributed by atoms with Crippen LogP contribution in [0.25, 0.3) is 43.1 Å². The van der Waals surface area contributed by atoms with Crippen molar-refractivity contribution in [1.29, 1.82) is 0 Å². The molecule has 0 spiro atoms. The van der Waals surface area contributed by atoms with E-state index in [1.165, 1.54) is 63.8 Å². The van der Waals surface area contributed by atoms with Gasteiger partial charge in [-0.3, -0.25) is 0 Å². The summed E-state index contributed by atoms with van der Waals surface area (Å²) in [6, 6.07) is 102. The molecule has 0 aliphatic rings. The zero-order valence-corrected chi connectivity index (χ0v) is 44.9. The monoisotopic (exact) mass is 1070 g/mol. The number of hydrogen-bond acceptors (Lipinski definition) is 0. The fraction of sp³-hybridized carbons (Fsp3) is 0. The molecule has 0 fully saturated rings. The number of halogens is 2. The van der Waals surface area contributed by atoms with Crippen LogP contribution in [0, 0.1) is 0 Å². The molecule has 12 aromatic rings. The first-order valence-corrected chi connectivity index (χ1v) is 31.8. The van der Waals surface area contributed by atoms with Gasteiger partial charge in [0.1, 0.15) is 0 Å². The normalized spacial score (nSPS) is 9.76. The molecule has 0 radical (unpaired) electrons. The van der Waals surface area contributed by atoms with Crippen molar-refractivity contribution in [3.05, 3.63) is 291 Å². The van der Waals surface area contributed by atoms with Gasteiger partial charge in [0.15, 0.2) is 0 Å². The summed E-state index contributed by atoms with van der Waals surface area (Å²) in [5, 5.41) is 16.7. The van der Waals surface area contributed by atoms with Gasteiger partial charge >= 0.3 is 200 Å². The summed E-state index contributed by atoms with van der Waals surface area (Å²) in [7, 11) is 0. The Hall–Kier alpha value is -5.02. The van der Waals surface area contributed by atoms with Crippen molar-refractivity contribution >= 4 is 74.7 Å². The minimum atomic E-state index is -0.455. The molecule has 0 nitrogen and oxygen atoms in total. The van der Waals surface area contributed by atoms with Crippen molar-refractivity contribution in [2.24, 2.45) is 0 Å². The summed E-state index contributed by atoms with van der Waals surface area (Å²) < 4.78 is 0. The first-order valence-electron chi connectivity index (χ1n) is 21.4. The second-order valence-electron chi connectivity index (χ2n) is 14.8. The van der Waals surface area contributed by atoms with Crippen molar-refractivity contribution in [1.82, 2.24) is 0 Å². The summed E-state index contributed by atoms with van der Waals surface area (Å²) in [6.07, 6.45) is 0. The molecular formula is C60H48Cl2Si2Zr2-2. The molecule has 0 saturated carbocycles. The van der Waals surface area contributed by atoms with Gasteiger partial charge in [-0.05, 0) is 0 Å². The average Bonchev–Trinajstić information content (AvgIpc) is 4.24. The van der Waals surface area contributed by atoms with Crippen LogP contribution >= 0.6 is 0 Å². The predicted octanol–water partition coefficient (Wildman–Crippen LogP) is 6.92. The third kappa shape index (κ3) is 16.1. The fourth-order valence-corrected chi connectivity index (χ4v) is 14.7. The first-order chi connectivity index (χ1) is 31.6. The van der Waals surface area contributed by atoms with Crippen LogP contribution in [-0.4, -0.2) is 10.9 Å². The van der Waals surface area contributed by atoms with E-state index in [1.54, 1.807) is 46.7 Å². The third-order valence-electron chi connectivity index (χ3n) is 10.4. The van der Waals surface area contributed by atoms with E-state index in [2.05, 4.69) is 291 Å². The van der Waals surface area contributed by atoms with Gasteiger partial charge in [0.2, 0.25) is 0 Å². The minimum Gasteiger partial charge on any atom is -0.168 e. The van der Waals surface area contributed by atoms with Crippen molar-refractivity contribution in [2.75, 3.05) is 0 Å². The number of benzene rings is 8. The SMILES string of the molecule is [Cl-].[Cl-].[Zr+2]=[Si](c1ccccc1)c1ccccc1.[Zr+2]=[Si](c1ccccc1)c1ccccc1.c1ccc2[cH-]ccc2c1.c1ccc2[cH-]ccc2c1.c1ccc2[cH-]ccc2c1.c1ccc2[cH-]ccc2c1. The Morgan fingerprint density at radius 3 is 0.606 bits per heavy atom. The Bertz CT molecular complexity index is 2650. The molecule has 0 bridgehead atoms. The van der Waals surface area contributed by atoms with E-state index in [0.717, 1.165) is 0 Å². The number of rotatable bonds is 4. The van der Waals surface area contributed by atoms with Gasteiger partial charge in [-0.1, -0.05) is 24.3 Å². The average molecular weight is 1080 g/mol. The molecule has 0 aromatic heterocycles. The van der Waals surface area contributed by atoms with E-state index in [-0.39, 0.29) is 24.8 Å². The Balaban J connectivity index is 0.000000149. The van der Waals surface area contributed by atoms with E-state index in [9.17, 15) is 0 Å². The molecule has 0 aliphatic carbocycles. The van der Waals surface area contributed by atoms with Crippen LogP contribution in [0.15, 0.2) is 291 Å². The van der Waals surface area contributed by atoms with Gasteiger partial charge in [0.25, 0.3) is 0 Å². The van der Waals surface area contributed by atoms with Crippen molar-refractivity contribution in [3.8, 4) is 0 Å². The maximum Gasteiger partial charge on any atom is -0.0809 e. The summed E-state index contributed by atoms with van der Waals surface area (Å²) in [6.45, 7) is 0. The quantitative estimate of drug-likeness (QED) is 0.133. The van der Waals surface area contributed by atoms with Gasteiger partial charge in [-0.2, -0.15) is 70.1 Å². The molecule has 0 N–H and O–H groups in total. The van der Waals surface area contributed by atoms with Crippen LogP contribution in [0.3, 0.4) is 0 Å². The van der Waals surface area contributed by atoms with Gasteiger partial charge < -0.3 is 24.8 Å². The topological polar surface area (TPSA) is 0 Å². The van der Waals surface area contributed by atoms with Crippen LogP contribution in [0.5, 0.6) is 0 Å². The van der Waals surface area contributed by atoms with E-state index in [0.29, 0.717) is 0 Å². The minimum absolute atomic E-state index is 0. The molecule has 12 aromatic carbocycles. The number of hydrogen-bond donors (Lipinski definition) is 0. The summed E-state index contributed by atoms with van der Waals surface area (Å²) in [5.41, 5.74) is -0.910. The third-order valence-corrected chi connectivity index (χ3v) is 22.6. The molecule has 6 heteroatoms.